The molecular formula is C13H14N4O3. The summed E-state index contributed by atoms with van der Waals surface area (Å²) in [4.78, 5) is 18.1. The lowest BCUT2D eigenvalue weighted by atomic mass is 10.3. The third kappa shape index (κ3) is 3.41. The van der Waals surface area contributed by atoms with E-state index in [0.29, 0.717) is 0 Å². The van der Waals surface area contributed by atoms with E-state index in [0.717, 1.165) is 17.9 Å². The summed E-state index contributed by atoms with van der Waals surface area (Å²) in [6.45, 7) is 2.98. The Morgan fingerprint density at radius 3 is 2.85 bits per heavy atom. The van der Waals surface area contributed by atoms with Gasteiger partial charge in [0.1, 0.15) is 18.6 Å². The van der Waals surface area contributed by atoms with Gasteiger partial charge >= 0.3 is 5.82 Å². The molecule has 2 heterocycles. The minimum absolute atomic E-state index is 0.147. The quantitative estimate of drug-likeness (QED) is 0.642. The monoisotopic (exact) mass is 274 g/mol. The Morgan fingerprint density at radius 1 is 1.35 bits per heavy atom. The number of pyridine rings is 2. The molecule has 0 saturated carbocycles. The SMILES string of the molecule is CCNc1ccc(COc2cccnc2[N+](=O)[O-])cn1. The maximum absolute atomic E-state index is 10.8. The van der Waals surface area contributed by atoms with E-state index in [1.54, 1.807) is 12.3 Å². The zero-order valence-corrected chi connectivity index (χ0v) is 10.9. The molecule has 2 aromatic heterocycles. The Balaban J connectivity index is 2.03. The molecule has 20 heavy (non-hydrogen) atoms. The zero-order chi connectivity index (χ0) is 14.4. The van der Waals surface area contributed by atoms with Gasteiger partial charge in [-0.25, -0.2) is 4.98 Å². The molecule has 0 fully saturated rings. The van der Waals surface area contributed by atoms with Crippen LogP contribution in [0.25, 0.3) is 0 Å². The molecule has 0 radical (unpaired) electrons. The molecule has 0 spiro atoms. The highest BCUT2D eigenvalue weighted by molar-refractivity contribution is 5.39. The minimum atomic E-state index is -0.568. The highest BCUT2D eigenvalue weighted by Gasteiger charge is 2.15. The second kappa shape index (κ2) is 6.46. The first-order valence-corrected chi connectivity index (χ1v) is 6.11. The van der Waals surface area contributed by atoms with Crippen LogP contribution in [-0.2, 0) is 6.61 Å². The number of hydrogen-bond acceptors (Lipinski definition) is 6. The highest BCUT2D eigenvalue weighted by Crippen LogP contribution is 2.23. The van der Waals surface area contributed by atoms with Gasteiger partial charge in [0, 0.05) is 18.3 Å². The van der Waals surface area contributed by atoms with Crippen molar-refractivity contribution in [2.75, 3.05) is 11.9 Å². The van der Waals surface area contributed by atoms with Gasteiger partial charge in [-0.05, 0) is 35.0 Å². The van der Waals surface area contributed by atoms with Crippen LogP contribution in [0.3, 0.4) is 0 Å². The van der Waals surface area contributed by atoms with Crippen molar-refractivity contribution in [1.29, 1.82) is 0 Å². The maximum atomic E-state index is 10.8. The molecule has 0 aliphatic carbocycles. The lowest BCUT2D eigenvalue weighted by molar-refractivity contribution is -0.390. The van der Waals surface area contributed by atoms with Crippen molar-refractivity contribution in [3.8, 4) is 5.75 Å². The Labute approximate surface area is 115 Å². The highest BCUT2D eigenvalue weighted by atomic mass is 16.6. The maximum Gasteiger partial charge on any atom is 0.406 e. The lowest BCUT2D eigenvalue weighted by Crippen LogP contribution is -2.02. The molecule has 1 N–H and O–H groups in total. The summed E-state index contributed by atoms with van der Waals surface area (Å²) in [5.41, 5.74) is 0.824. The minimum Gasteiger partial charge on any atom is -0.481 e. The Bertz CT molecular complexity index is 586. The fraction of sp³-hybridized carbons (Fsp3) is 0.231. The van der Waals surface area contributed by atoms with Gasteiger partial charge in [0.05, 0.1) is 0 Å². The lowest BCUT2D eigenvalue weighted by Gasteiger charge is -2.07. The molecule has 7 heteroatoms. The number of rotatable bonds is 6. The smallest absolute Gasteiger partial charge is 0.406 e. The van der Waals surface area contributed by atoms with E-state index in [4.69, 9.17) is 4.74 Å². The normalized spacial score (nSPS) is 10.1. The van der Waals surface area contributed by atoms with Crippen molar-refractivity contribution < 1.29 is 9.66 Å². The predicted molar refractivity (Wildman–Crippen MR) is 73.6 cm³/mol. The van der Waals surface area contributed by atoms with Crippen molar-refractivity contribution >= 4 is 11.6 Å². The molecule has 0 unspecified atom stereocenters. The number of aromatic nitrogens is 2. The summed E-state index contributed by atoms with van der Waals surface area (Å²) in [6, 6.07) is 6.80. The van der Waals surface area contributed by atoms with Gasteiger partial charge in [0.2, 0.25) is 5.75 Å². The number of nitrogens with one attached hydrogen (secondary N) is 1. The van der Waals surface area contributed by atoms with E-state index < -0.39 is 4.92 Å². The molecule has 0 saturated heterocycles. The van der Waals surface area contributed by atoms with Gasteiger partial charge in [-0.1, -0.05) is 6.07 Å². The van der Waals surface area contributed by atoms with Gasteiger partial charge in [-0.3, -0.25) is 0 Å². The van der Waals surface area contributed by atoms with E-state index >= 15 is 0 Å². The van der Waals surface area contributed by atoms with Crippen LogP contribution in [0.5, 0.6) is 5.75 Å². The summed E-state index contributed by atoms with van der Waals surface area (Å²) in [7, 11) is 0. The third-order valence-electron chi connectivity index (χ3n) is 2.50. The van der Waals surface area contributed by atoms with Crippen molar-refractivity contribution in [2.24, 2.45) is 0 Å². The molecule has 0 atom stereocenters. The first kappa shape index (κ1) is 13.7. The molecule has 2 aromatic rings. The van der Waals surface area contributed by atoms with E-state index in [2.05, 4.69) is 15.3 Å². The van der Waals surface area contributed by atoms with Crippen LogP contribution in [0.4, 0.5) is 11.6 Å². The van der Waals surface area contributed by atoms with Gasteiger partial charge in [-0.15, -0.1) is 0 Å². The first-order chi connectivity index (χ1) is 9.70. The molecule has 0 amide bonds. The summed E-state index contributed by atoms with van der Waals surface area (Å²) in [6.07, 6.45) is 3.03. The van der Waals surface area contributed by atoms with Crippen LogP contribution in [0, 0.1) is 10.1 Å². The van der Waals surface area contributed by atoms with Crippen LogP contribution >= 0.6 is 0 Å². The zero-order valence-electron chi connectivity index (χ0n) is 10.9. The van der Waals surface area contributed by atoms with Gasteiger partial charge in [-0.2, -0.15) is 0 Å². The second-order valence-corrected chi connectivity index (χ2v) is 3.95. The largest absolute Gasteiger partial charge is 0.481 e. The van der Waals surface area contributed by atoms with Gasteiger partial charge < -0.3 is 20.2 Å². The van der Waals surface area contributed by atoms with Crippen molar-refractivity contribution in [1.82, 2.24) is 9.97 Å². The summed E-state index contributed by atoms with van der Waals surface area (Å²) in [5, 5.41) is 13.9. The Hall–Kier alpha value is -2.70. The average molecular weight is 274 g/mol. The van der Waals surface area contributed by atoms with Crippen LogP contribution < -0.4 is 10.1 Å². The third-order valence-corrected chi connectivity index (χ3v) is 2.50. The number of nitrogens with zero attached hydrogens (tertiary/aromatic N) is 3. The van der Waals surface area contributed by atoms with Crippen molar-refractivity contribution in [3.63, 3.8) is 0 Å². The number of ether oxygens (including phenoxy) is 1. The Kier molecular flexibility index (Phi) is 4.43. The standard InChI is InChI=1S/C13H14N4O3/c1-2-14-12-6-5-10(8-16-12)9-20-11-4-3-7-15-13(11)17(18)19/h3-8H,2,9H2,1H3,(H,14,16). The fourth-order valence-electron chi connectivity index (χ4n) is 1.59. The van der Waals surface area contributed by atoms with Crippen LogP contribution in [0.1, 0.15) is 12.5 Å². The number of nitro groups is 1. The van der Waals surface area contributed by atoms with Gasteiger partial charge in [0.15, 0.2) is 0 Å². The molecule has 104 valence electrons. The molecule has 7 nitrogen and oxygen atoms in total. The molecule has 2 rings (SSSR count). The topological polar surface area (TPSA) is 90.2 Å². The van der Waals surface area contributed by atoms with Crippen molar-refractivity contribution in [3.05, 3.63) is 52.3 Å². The average Bonchev–Trinajstić information content (AvgIpc) is 2.47. The van der Waals surface area contributed by atoms with Crippen LogP contribution in [-0.4, -0.2) is 21.4 Å². The van der Waals surface area contributed by atoms with Crippen LogP contribution in [0.15, 0.2) is 36.7 Å². The summed E-state index contributed by atoms with van der Waals surface area (Å²) >= 11 is 0. The fourth-order valence-corrected chi connectivity index (χ4v) is 1.59. The van der Waals surface area contributed by atoms with E-state index in [-0.39, 0.29) is 18.2 Å². The number of anilines is 1. The molecule has 0 bridgehead atoms. The molecule has 0 aliphatic heterocycles. The van der Waals surface area contributed by atoms with E-state index in [1.165, 1.54) is 12.3 Å². The van der Waals surface area contributed by atoms with Crippen LogP contribution in [0.2, 0.25) is 0 Å². The van der Waals surface area contributed by atoms with E-state index in [1.807, 2.05) is 19.1 Å². The predicted octanol–water partition coefficient (Wildman–Crippen LogP) is 2.40. The van der Waals surface area contributed by atoms with Gasteiger partial charge in [0.25, 0.3) is 0 Å². The number of hydrogen-bond donors (Lipinski definition) is 1. The molecule has 0 aromatic carbocycles. The first-order valence-electron chi connectivity index (χ1n) is 6.11. The molecule has 0 aliphatic rings. The second-order valence-electron chi connectivity index (χ2n) is 3.95. The van der Waals surface area contributed by atoms with Crippen molar-refractivity contribution in [2.45, 2.75) is 13.5 Å². The van der Waals surface area contributed by atoms with E-state index in [9.17, 15) is 10.1 Å². The molecular weight excluding hydrogens is 260 g/mol. The Morgan fingerprint density at radius 2 is 2.20 bits per heavy atom. The summed E-state index contributed by atoms with van der Waals surface area (Å²) in [5.74, 6) is 0.640. The summed E-state index contributed by atoms with van der Waals surface area (Å²) < 4.78 is 5.42.